The first kappa shape index (κ1) is 20.3. The minimum atomic E-state index is -0.776. The molecular weight excluding hydrogens is 449 g/mol. The van der Waals surface area contributed by atoms with Crippen molar-refractivity contribution < 1.29 is 23.9 Å². The largest absolute Gasteiger partial charge is 0.454 e. The molecule has 0 spiro atoms. The lowest BCUT2D eigenvalue weighted by Gasteiger charge is -2.15. The van der Waals surface area contributed by atoms with Gasteiger partial charge in [-0.1, -0.05) is 29.3 Å². The molecule has 150 valence electrons. The van der Waals surface area contributed by atoms with Crippen molar-refractivity contribution in [2.75, 3.05) is 11.5 Å². The number of rotatable bonds is 5. The Labute approximate surface area is 184 Å². The molecule has 0 saturated heterocycles. The molecule has 0 aliphatic carbocycles. The molecule has 0 radical (unpaired) electrons. The number of hydrogen-bond donors (Lipinski definition) is 0. The fourth-order valence-corrected chi connectivity index (χ4v) is 3.99. The molecule has 30 heavy (non-hydrogen) atoms. The molecule has 1 aliphatic heterocycles. The van der Waals surface area contributed by atoms with Crippen LogP contribution in [0.2, 0.25) is 10.0 Å². The third kappa shape index (κ3) is 3.63. The van der Waals surface area contributed by atoms with E-state index in [9.17, 15) is 19.2 Å². The Kier molecular flexibility index (Phi) is 5.42. The minimum absolute atomic E-state index is 0.0371. The van der Waals surface area contributed by atoms with E-state index in [1.807, 2.05) is 0 Å². The summed E-state index contributed by atoms with van der Waals surface area (Å²) in [5, 5.41) is 2.24. The SMILES string of the molecule is O=C(OCC(=O)c1cccs1)c1ccc2c(c1)C(=O)N(c1cc(Cl)ccc1Cl)C2=O. The van der Waals surface area contributed by atoms with Crippen molar-refractivity contribution in [3.63, 3.8) is 0 Å². The monoisotopic (exact) mass is 459 g/mol. The maximum Gasteiger partial charge on any atom is 0.338 e. The third-order valence-corrected chi connectivity index (χ3v) is 5.87. The van der Waals surface area contributed by atoms with Gasteiger partial charge in [0, 0.05) is 5.02 Å². The molecule has 6 nitrogen and oxygen atoms in total. The second-order valence-electron chi connectivity index (χ2n) is 6.28. The van der Waals surface area contributed by atoms with E-state index in [2.05, 4.69) is 0 Å². The number of Topliss-reactive ketones (excluding diaryl/α,β-unsaturated/α-hetero) is 1. The number of carbonyl (C=O) groups is 4. The van der Waals surface area contributed by atoms with Crippen molar-refractivity contribution in [1.82, 2.24) is 0 Å². The molecule has 9 heteroatoms. The highest BCUT2D eigenvalue weighted by atomic mass is 35.5. The first-order chi connectivity index (χ1) is 14.4. The van der Waals surface area contributed by atoms with Gasteiger partial charge in [-0.2, -0.15) is 0 Å². The summed E-state index contributed by atoms with van der Waals surface area (Å²) in [6.07, 6.45) is 0. The van der Waals surface area contributed by atoms with E-state index in [1.54, 1.807) is 17.5 Å². The number of ether oxygens (including phenoxy) is 1. The molecular formula is C21H11Cl2NO5S. The highest BCUT2D eigenvalue weighted by Gasteiger charge is 2.38. The van der Waals surface area contributed by atoms with Crippen molar-refractivity contribution in [3.8, 4) is 0 Å². The van der Waals surface area contributed by atoms with Crippen LogP contribution in [0.15, 0.2) is 53.9 Å². The van der Waals surface area contributed by atoms with Crippen LogP contribution in [0.4, 0.5) is 5.69 Å². The van der Waals surface area contributed by atoms with Gasteiger partial charge in [-0.15, -0.1) is 11.3 Å². The molecule has 3 aromatic rings. The average Bonchev–Trinajstić information content (AvgIpc) is 3.36. The molecule has 1 aromatic heterocycles. The normalized spacial score (nSPS) is 12.8. The molecule has 2 aromatic carbocycles. The number of fused-ring (bicyclic) bond motifs is 1. The first-order valence-corrected chi connectivity index (χ1v) is 10.2. The maximum atomic E-state index is 12.9. The zero-order chi connectivity index (χ0) is 21.4. The Morgan fingerprint density at radius 3 is 2.47 bits per heavy atom. The van der Waals surface area contributed by atoms with Gasteiger partial charge in [-0.3, -0.25) is 14.4 Å². The molecule has 0 saturated carbocycles. The van der Waals surface area contributed by atoms with Gasteiger partial charge in [0.25, 0.3) is 11.8 Å². The Balaban J connectivity index is 1.56. The molecule has 1 aliphatic rings. The molecule has 0 atom stereocenters. The number of nitrogens with zero attached hydrogens (tertiary/aromatic N) is 1. The summed E-state index contributed by atoms with van der Waals surface area (Å²) in [5.41, 5.74) is 0.367. The number of imide groups is 1. The van der Waals surface area contributed by atoms with Crippen LogP contribution in [0, 0.1) is 0 Å². The first-order valence-electron chi connectivity index (χ1n) is 8.58. The number of amides is 2. The Morgan fingerprint density at radius 2 is 1.73 bits per heavy atom. The number of hydrogen-bond acceptors (Lipinski definition) is 6. The van der Waals surface area contributed by atoms with Gasteiger partial charge in [0.15, 0.2) is 6.61 Å². The molecule has 2 amide bonds. The second-order valence-corrected chi connectivity index (χ2v) is 8.07. The van der Waals surface area contributed by atoms with Crippen molar-refractivity contribution in [2.45, 2.75) is 0 Å². The van der Waals surface area contributed by atoms with Gasteiger partial charge in [0.05, 0.1) is 32.3 Å². The number of carbonyl (C=O) groups excluding carboxylic acids is 4. The molecule has 0 N–H and O–H groups in total. The van der Waals surface area contributed by atoms with Crippen LogP contribution in [0.1, 0.15) is 40.7 Å². The van der Waals surface area contributed by atoms with Crippen molar-refractivity contribution in [3.05, 3.63) is 85.5 Å². The van der Waals surface area contributed by atoms with Crippen LogP contribution in [0.3, 0.4) is 0 Å². The van der Waals surface area contributed by atoms with Crippen LogP contribution in [-0.2, 0) is 4.74 Å². The summed E-state index contributed by atoms with van der Waals surface area (Å²) in [6.45, 7) is -0.423. The van der Waals surface area contributed by atoms with Crippen LogP contribution < -0.4 is 4.90 Å². The van der Waals surface area contributed by atoms with Crippen LogP contribution >= 0.6 is 34.5 Å². The Hall–Kier alpha value is -3.00. The highest BCUT2D eigenvalue weighted by molar-refractivity contribution is 7.12. The zero-order valence-electron chi connectivity index (χ0n) is 15.1. The van der Waals surface area contributed by atoms with E-state index in [4.69, 9.17) is 27.9 Å². The van der Waals surface area contributed by atoms with Crippen molar-refractivity contribution in [1.29, 1.82) is 0 Å². The van der Waals surface area contributed by atoms with E-state index in [1.165, 1.54) is 47.7 Å². The Bertz CT molecular complexity index is 1210. The van der Waals surface area contributed by atoms with Crippen LogP contribution in [-0.4, -0.2) is 30.2 Å². The van der Waals surface area contributed by atoms with E-state index in [0.29, 0.717) is 9.90 Å². The standard InChI is InChI=1S/C21H11Cl2NO5S/c22-12-4-6-15(23)16(9-12)24-19(26)13-5-3-11(8-14(13)20(24)27)21(28)29-10-17(25)18-2-1-7-30-18/h1-9H,10H2. The minimum Gasteiger partial charge on any atom is -0.454 e. The highest BCUT2D eigenvalue weighted by Crippen LogP contribution is 2.35. The molecule has 0 fully saturated rings. The van der Waals surface area contributed by atoms with Crippen molar-refractivity contribution in [2.24, 2.45) is 0 Å². The van der Waals surface area contributed by atoms with E-state index >= 15 is 0 Å². The predicted octanol–water partition coefficient (Wildman–Crippen LogP) is 4.90. The fourth-order valence-electron chi connectivity index (χ4n) is 2.97. The molecule has 4 rings (SSSR count). The summed E-state index contributed by atoms with van der Waals surface area (Å²) < 4.78 is 5.05. The quantitative estimate of drug-likeness (QED) is 0.308. The lowest BCUT2D eigenvalue weighted by atomic mass is 10.1. The van der Waals surface area contributed by atoms with Crippen LogP contribution in [0.25, 0.3) is 0 Å². The summed E-state index contributed by atoms with van der Waals surface area (Å²) in [5.74, 6) is -2.31. The summed E-state index contributed by atoms with van der Waals surface area (Å²) >= 11 is 13.4. The predicted molar refractivity (Wildman–Crippen MR) is 113 cm³/mol. The molecule has 2 heterocycles. The third-order valence-electron chi connectivity index (χ3n) is 4.40. The zero-order valence-corrected chi connectivity index (χ0v) is 17.4. The topological polar surface area (TPSA) is 80.8 Å². The van der Waals surface area contributed by atoms with Gasteiger partial charge in [-0.25, -0.2) is 9.69 Å². The number of esters is 1. The smallest absolute Gasteiger partial charge is 0.338 e. The number of anilines is 1. The number of ketones is 1. The number of halogens is 2. The second kappa shape index (κ2) is 8.02. The van der Waals surface area contributed by atoms with Gasteiger partial charge in [0.2, 0.25) is 5.78 Å². The van der Waals surface area contributed by atoms with Gasteiger partial charge >= 0.3 is 5.97 Å². The molecule has 0 bridgehead atoms. The average molecular weight is 460 g/mol. The number of thiophene rings is 1. The van der Waals surface area contributed by atoms with E-state index in [0.717, 1.165) is 4.90 Å². The van der Waals surface area contributed by atoms with E-state index in [-0.39, 0.29) is 33.2 Å². The summed E-state index contributed by atoms with van der Waals surface area (Å²) in [6, 6.07) is 11.8. The maximum absolute atomic E-state index is 12.9. The lowest BCUT2D eigenvalue weighted by molar-refractivity contribution is 0.0475. The van der Waals surface area contributed by atoms with Crippen molar-refractivity contribution >= 4 is 63.8 Å². The van der Waals surface area contributed by atoms with Gasteiger partial charge in [-0.05, 0) is 47.8 Å². The summed E-state index contributed by atoms with van der Waals surface area (Å²) in [4.78, 5) is 51.3. The van der Waals surface area contributed by atoms with Gasteiger partial charge in [0.1, 0.15) is 0 Å². The Morgan fingerprint density at radius 1 is 0.967 bits per heavy atom. The molecule has 0 unspecified atom stereocenters. The van der Waals surface area contributed by atoms with Gasteiger partial charge < -0.3 is 4.74 Å². The summed E-state index contributed by atoms with van der Waals surface area (Å²) in [7, 11) is 0. The lowest BCUT2D eigenvalue weighted by Crippen LogP contribution is -2.29. The number of benzene rings is 2. The van der Waals surface area contributed by atoms with Crippen LogP contribution in [0.5, 0.6) is 0 Å². The van der Waals surface area contributed by atoms with E-state index < -0.39 is 24.4 Å². The fraction of sp³-hybridized carbons (Fsp3) is 0.0476.